The molecule has 0 bridgehead atoms. The van der Waals surface area contributed by atoms with Crippen LogP contribution in [0, 0.1) is 0 Å². The van der Waals surface area contributed by atoms with Crippen molar-refractivity contribution in [2.24, 2.45) is 0 Å². The van der Waals surface area contributed by atoms with Crippen LogP contribution in [0.15, 0.2) is 78.9 Å². The molecule has 4 rings (SSSR count). The lowest BCUT2D eigenvalue weighted by Crippen LogP contribution is -2.31. The summed E-state index contributed by atoms with van der Waals surface area (Å²) in [4.78, 5) is 0. The van der Waals surface area contributed by atoms with Crippen molar-refractivity contribution in [1.29, 1.82) is 0 Å². The number of rotatable bonds is 8. The fourth-order valence-electron chi connectivity index (χ4n) is 2.99. The summed E-state index contributed by atoms with van der Waals surface area (Å²) in [6, 6.07) is 22.9. The summed E-state index contributed by atoms with van der Waals surface area (Å²) < 4.78 is 51.9. The van der Waals surface area contributed by atoms with E-state index >= 15 is 0 Å². The van der Waals surface area contributed by atoms with Gasteiger partial charge in [0, 0.05) is 11.4 Å². The van der Waals surface area contributed by atoms with E-state index in [-0.39, 0.29) is 12.9 Å². The van der Waals surface area contributed by atoms with Gasteiger partial charge in [-0.3, -0.25) is 0 Å². The van der Waals surface area contributed by atoms with E-state index in [0.29, 0.717) is 24.7 Å². The van der Waals surface area contributed by atoms with Crippen molar-refractivity contribution in [3.8, 4) is 17.2 Å². The van der Waals surface area contributed by atoms with E-state index in [1.54, 1.807) is 12.1 Å². The second kappa shape index (κ2) is 9.42. The minimum absolute atomic E-state index is 0.0824. The van der Waals surface area contributed by atoms with Crippen molar-refractivity contribution in [1.82, 2.24) is 0 Å². The van der Waals surface area contributed by atoms with Gasteiger partial charge in [0.2, 0.25) is 0 Å². The van der Waals surface area contributed by atoms with Gasteiger partial charge in [0.1, 0.15) is 17.2 Å². The Balaban J connectivity index is 1.50. The zero-order valence-electron chi connectivity index (χ0n) is 16.5. The Morgan fingerprint density at radius 3 is 1.90 bits per heavy atom. The van der Waals surface area contributed by atoms with Crippen molar-refractivity contribution < 1.29 is 31.1 Å². The molecule has 1 fully saturated rings. The molecule has 160 valence electrons. The van der Waals surface area contributed by atoms with Crippen molar-refractivity contribution in [2.75, 3.05) is 13.2 Å². The summed E-state index contributed by atoms with van der Waals surface area (Å²) in [5.41, 5.74) is 1.71. The average molecular weight is 442 g/mol. The highest BCUT2D eigenvalue weighted by Crippen LogP contribution is 2.27. The molecule has 9 heteroatoms. The van der Waals surface area contributed by atoms with Crippen LogP contribution in [0.4, 0.5) is 3.89 Å². The second-order valence-corrected chi connectivity index (χ2v) is 7.96. The summed E-state index contributed by atoms with van der Waals surface area (Å²) in [7, 11) is -4.44. The van der Waals surface area contributed by atoms with Crippen LogP contribution in [0.3, 0.4) is 0 Å². The molecule has 0 amide bonds. The van der Waals surface area contributed by atoms with Crippen LogP contribution in [0.1, 0.15) is 11.9 Å². The number of ether oxygens (including phenoxy) is 2. The minimum atomic E-state index is -4.09. The van der Waals surface area contributed by atoms with Crippen LogP contribution in [0.25, 0.3) is 0 Å². The Bertz CT molecular complexity index is 1090. The van der Waals surface area contributed by atoms with Gasteiger partial charge in [-0.15, -0.1) is 3.89 Å². The summed E-state index contributed by atoms with van der Waals surface area (Å²) in [6.45, 7) is 1.15. The molecule has 0 radical (unpaired) electrons. The molecule has 1 aliphatic rings. The second-order valence-electron chi connectivity index (χ2n) is 6.71. The first-order valence-electron chi connectivity index (χ1n) is 9.54. The van der Waals surface area contributed by atoms with Crippen molar-refractivity contribution >= 4 is 28.6 Å². The average Bonchev–Trinajstić information content (AvgIpc) is 3.30. The maximum Gasteiger partial charge on any atom is 0.494 e. The molecule has 0 saturated carbocycles. The zero-order chi connectivity index (χ0) is 21.7. The first kappa shape index (κ1) is 21.2. The summed E-state index contributed by atoms with van der Waals surface area (Å²) in [6.07, 6.45) is -0.740. The van der Waals surface area contributed by atoms with Crippen molar-refractivity contribution in [2.45, 2.75) is 6.29 Å². The van der Waals surface area contributed by atoms with E-state index in [4.69, 9.17) is 18.8 Å². The fourth-order valence-corrected chi connectivity index (χ4v) is 3.39. The molecule has 1 heterocycles. The Hall–Kier alpha value is -3.01. The molecule has 3 aromatic rings. The lowest BCUT2D eigenvalue weighted by Gasteiger charge is -2.21. The smallest absolute Gasteiger partial charge is 0.451 e. The topological polar surface area (TPSA) is 63.2 Å². The van der Waals surface area contributed by atoms with E-state index in [9.17, 15) is 8.09 Å². The SMILES string of the molecule is C=S(=O)(F)Oc1ccc(OC(Oc2ccc(B3OCCO3)cc2)c2ccccc2)cc1. The molecule has 2 unspecified atom stereocenters. The molecular formula is C22H20BFO6S. The van der Waals surface area contributed by atoms with Crippen LogP contribution < -0.4 is 19.1 Å². The molecule has 1 aliphatic heterocycles. The van der Waals surface area contributed by atoms with Gasteiger partial charge >= 0.3 is 7.12 Å². The van der Waals surface area contributed by atoms with Gasteiger partial charge in [-0.1, -0.05) is 42.5 Å². The monoisotopic (exact) mass is 442 g/mol. The lowest BCUT2D eigenvalue weighted by molar-refractivity contribution is 0.00380. The van der Waals surface area contributed by atoms with Gasteiger partial charge in [0.25, 0.3) is 16.5 Å². The third-order valence-corrected chi connectivity index (χ3v) is 4.82. The van der Waals surface area contributed by atoms with E-state index in [0.717, 1.165) is 11.0 Å². The summed E-state index contributed by atoms with van der Waals surface area (Å²) >= 11 is 0. The normalized spacial score (nSPS) is 16.4. The van der Waals surface area contributed by atoms with Gasteiger partial charge in [-0.05, 0) is 41.9 Å². The molecule has 0 aromatic heterocycles. The molecular weight excluding hydrogens is 422 g/mol. The van der Waals surface area contributed by atoms with Crippen LogP contribution in [-0.2, 0) is 19.5 Å². The number of hydrogen-bond donors (Lipinski definition) is 0. The number of benzene rings is 3. The molecule has 2 atom stereocenters. The van der Waals surface area contributed by atoms with Gasteiger partial charge in [0.15, 0.2) is 0 Å². The Labute approximate surface area is 181 Å². The summed E-state index contributed by atoms with van der Waals surface area (Å²) in [5.74, 6) is 3.97. The van der Waals surface area contributed by atoms with Gasteiger partial charge in [-0.25, -0.2) is 0 Å². The highest BCUT2D eigenvalue weighted by molar-refractivity contribution is 7.91. The molecule has 6 nitrogen and oxygen atoms in total. The Morgan fingerprint density at radius 2 is 1.35 bits per heavy atom. The largest absolute Gasteiger partial charge is 0.494 e. The lowest BCUT2D eigenvalue weighted by atomic mass is 9.79. The number of halogens is 1. The van der Waals surface area contributed by atoms with E-state index in [2.05, 4.69) is 10.1 Å². The zero-order valence-corrected chi connectivity index (χ0v) is 17.3. The highest BCUT2D eigenvalue weighted by atomic mass is 32.3. The third kappa shape index (κ3) is 6.01. The summed E-state index contributed by atoms with van der Waals surface area (Å²) in [5, 5.41) is 0. The first-order valence-corrected chi connectivity index (χ1v) is 11.1. The maximum atomic E-state index is 13.1. The van der Waals surface area contributed by atoms with E-state index in [1.807, 2.05) is 54.6 Å². The van der Waals surface area contributed by atoms with Gasteiger partial charge in [-0.2, -0.15) is 4.21 Å². The fraction of sp³-hybridized carbons (Fsp3) is 0.136. The van der Waals surface area contributed by atoms with Crippen LogP contribution in [0.2, 0.25) is 0 Å². The predicted molar refractivity (Wildman–Crippen MR) is 118 cm³/mol. The standard InChI is InChI=1S/C22H20BFO6S/c1-31(24,25)30-21-13-11-20(12-14-21)29-22(17-5-3-2-4-6-17)28-19-9-7-18(8-10-19)23-26-15-16-27-23/h2-14,22H,1,15-16H2. The molecule has 0 aliphatic carbocycles. The quantitative estimate of drug-likeness (QED) is 0.231. The van der Waals surface area contributed by atoms with E-state index < -0.39 is 16.5 Å². The van der Waals surface area contributed by atoms with Crippen molar-refractivity contribution in [3.05, 3.63) is 84.4 Å². The minimum Gasteiger partial charge on any atom is -0.451 e. The molecule has 3 aromatic carbocycles. The third-order valence-electron chi connectivity index (χ3n) is 4.38. The Kier molecular flexibility index (Phi) is 6.46. The molecule has 1 saturated heterocycles. The molecule has 31 heavy (non-hydrogen) atoms. The van der Waals surface area contributed by atoms with Crippen LogP contribution in [0.5, 0.6) is 17.2 Å². The molecule has 0 N–H and O–H groups in total. The predicted octanol–water partition coefficient (Wildman–Crippen LogP) is 3.48. The maximum absolute atomic E-state index is 13.1. The van der Waals surface area contributed by atoms with Crippen LogP contribution >= 0.6 is 0 Å². The van der Waals surface area contributed by atoms with Gasteiger partial charge in [0.05, 0.1) is 13.2 Å². The van der Waals surface area contributed by atoms with Gasteiger partial charge < -0.3 is 23.0 Å². The number of hydrogen-bond acceptors (Lipinski definition) is 6. The van der Waals surface area contributed by atoms with Crippen molar-refractivity contribution in [3.63, 3.8) is 0 Å². The Morgan fingerprint density at radius 1 is 0.839 bits per heavy atom. The van der Waals surface area contributed by atoms with Crippen LogP contribution in [-0.4, -0.2) is 30.4 Å². The first-order chi connectivity index (χ1) is 15.0. The highest BCUT2D eigenvalue weighted by Gasteiger charge is 2.26. The molecule has 0 spiro atoms. The van der Waals surface area contributed by atoms with E-state index in [1.165, 1.54) is 12.1 Å².